The summed E-state index contributed by atoms with van der Waals surface area (Å²) in [6.45, 7) is 4.94. The zero-order valence-corrected chi connectivity index (χ0v) is 18.6. The fourth-order valence-electron chi connectivity index (χ4n) is 3.90. The molecule has 0 fully saturated rings. The molecule has 0 saturated carbocycles. The maximum Gasteiger partial charge on any atom is 0.364 e. The van der Waals surface area contributed by atoms with Gasteiger partial charge in [0.25, 0.3) is 5.56 Å². The Bertz CT molecular complexity index is 1240. The summed E-state index contributed by atoms with van der Waals surface area (Å²) >= 11 is 3.46. The van der Waals surface area contributed by atoms with Crippen LogP contribution in [0.15, 0.2) is 38.3 Å². The third-order valence-electron chi connectivity index (χ3n) is 5.26. The van der Waals surface area contributed by atoms with Crippen molar-refractivity contribution in [1.82, 2.24) is 14.1 Å². The van der Waals surface area contributed by atoms with Gasteiger partial charge in [0.1, 0.15) is 12.2 Å². The van der Waals surface area contributed by atoms with E-state index in [2.05, 4.69) is 32.7 Å². The molecule has 0 saturated heterocycles. The first-order chi connectivity index (χ1) is 14.3. The lowest BCUT2D eigenvalue weighted by atomic mass is 10.1. The van der Waals surface area contributed by atoms with Gasteiger partial charge in [-0.2, -0.15) is 0 Å². The third kappa shape index (κ3) is 3.34. The number of anilines is 2. The van der Waals surface area contributed by atoms with E-state index in [1.807, 2.05) is 28.8 Å². The topological polar surface area (TPSA) is 93.2 Å². The Hall–Kier alpha value is -2.88. The smallest absolute Gasteiger partial charge is 0.364 e. The molecule has 3 heterocycles. The second-order valence-electron chi connectivity index (χ2n) is 7.49. The summed E-state index contributed by atoms with van der Waals surface area (Å²) in [6, 6.07) is 7.92. The number of H-pyrrole nitrogens is 1. The van der Waals surface area contributed by atoms with Gasteiger partial charge in [0.2, 0.25) is 11.2 Å². The van der Waals surface area contributed by atoms with E-state index in [-0.39, 0.29) is 12.5 Å². The number of nitrogens with one attached hydrogen (secondary N) is 1. The highest BCUT2D eigenvalue weighted by Gasteiger charge is 2.36. The van der Waals surface area contributed by atoms with Gasteiger partial charge in [0, 0.05) is 17.4 Å². The van der Waals surface area contributed by atoms with Crippen LogP contribution in [0.2, 0.25) is 0 Å². The Balaban J connectivity index is 1.93. The molecule has 1 atom stereocenters. The molecule has 1 aliphatic rings. The molecule has 3 aromatic rings. The monoisotopic (exact) mass is 476 g/mol. The van der Waals surface area contributed by atoms with Gasteiger partial charge in [-0.25, -0.2) is 23.8 Å². The van der Waals surface area contributed by atoms with Crippen molar-refractivity contribution in [3.8, 4) is 0 Å². The molecule has 1 aromatic carbocycles. The Morgan fingerprint density at radius 3 is 2.67 bits per heavy atom. The number of imidazole rings is 1. The van der Waals surface area contributed by atoms with Gasteiger partial charge < -0.3 is 4.74 Å². The minimum absolute atomic E-state index is 0.185. The predicted molar refractivity (Wildman–Crippen MR) is 115 cm³/mol. The summed E-state index contributed by atoms with van der Waals surface area (Å²) < 4.78 is 10.1. The average Bonchev–Trinajstić information content (AvgIpc) is 3.09. The SMILES string of the molecule is CCOC(=O)Cn1c(=O)c2c([nH]c3[n+]2C[C@H](C)CN3c2ccc(Br)cc2)n(C)c1=O. The number of ether oxygens (including phenoxy) is 1. The summed E-state index contributed by atoms with van der Waals surface area (Å²) in [6.07, 6.45) is 0. The molecule has 30 heavy (non-hydrogen) atoms. The van der Waals surface area contributed by atoms with E-state index < -0.39 is 23.8 Å². The summed E-state index contributed by atoms with van der Waals surface area (Å²) in [7, 11) is 1.58. The number of benzene rings is 1. The van der Waals surface area contributed by atoms with Crippen molar-refractivity contribution in [2.75, 3.05) is 18.1 Å². The minimum Gasteiger partial charge on any atom is -0.465 e. The zero-order valence-electron chi connectivity index (χ0n) is 17.0. The number of carbonyl (C=O) groups is 1. The number of fused-ring (bicyclic) bond motifs is 3. The standard InChI is InChI=1S/C20H22BrN5O4/c1-4-30-15(27)11-26-18(28)16-17(23(3)20(26)29)22-19-24(9-12(2)10-25(16)19)14-7-5-13(21)6-8-14/h5-8,12H,4,9-11H2,1-3H3/p+1/t12-/m1/s1. The largest absolute Gasteiger partial charge is 0.465 e. The highest BCUT2D eigenvalue weighted by atomic mass is 79.9. The van der Waals surface area contributed by atoms with Crippen molar-refractivity contribution >= 4 is 44.7 Å². The number of hydrogen-bond donors (Lipinski definition) is 1. The lowest BCUT2D eigenvalue weighted by Gasteiger charge is -2.26. The molecule has 1 N–H and O–H groups in total. The minimum atomic E-state index is -0.615. The molecule has 4 rings (SSSR count). The first-order valence-corrected chi connectivity index (χ1v) is 10.5. The number of hydrogen-bond acceptors (Lipinski definition) is 5. The lowest BCUT2D eigenvalue weighted by molar-refractivity contribution is -0.669. The highest BCUT2D eigenvalue weighted by molar-refractivity contribution is 9.10. The summed E-state index contributed by atoms with van der Waals surface area (Å²) in [5.74, 6) is 0.377. The van der Waals surface area contributed by atoms with Gasteiger partial charge in [-0.05, 0) is 31.2 Å². The van der Waals surface area contributed by atoms with Crippen LogP contribution in [0.5, 0.6) is 0 Å². The van der Waals surface area contributed by atoms with Crippen LogP contribution in [-0.4, -0.2) is 33.2 Å². The quantitative estimate of drug-likeness (QED) is 0.454. The van der Waals surface area contributed by atoms with E-state index in [9.17, 15) is 14.4 Å². The Labute approximate surface area is 180 Å². The van der Waals surface area contributed by atoms with Gasteiger partial charge in [-0.1, -0.05) is 22.9 Å². The Morgan fingerprint density at radius 2 is 2.00 bits per heavy atom. The summed E-state index contributed by atoms with van der Waals surface area (Å²) in [5.41, 5.74) is 0.694. The van der Waals surface area contributed by atoms with E-state index in [0.717, 1.165) is 27.2 Å². The molecule has 158 valence electrons. The van der Waals surface area contributed by atoms with Gasteiger partial charge in [0.15, 0.2) is 0 Å². The molecule has 0 bridgehead atoms. The fraction of sp³-hybridized carbons (Fsp3) is 0.400. The van der Waals surface area contributed by atoms with Crippen LogP contribution >= 0.6 is 15.9 Å². The first kappa shape index (κ1) is 20.4. The Kier molecular flexibility index (Phi) is 5.27. The first-order valence-electron chi connectivity index (χ1n) is 9.75. The fourth-order valence-corrected chi connectivity index (χ4v) is 4.16. The van der Waals surface area contributed by atoms with Gasteiger partial charge in [-0.3, -0.25) is 14.2 Å². The zero-order chi connectivity index (χ0) is 21.6. The van der Waals surface area contributed by atoms with E-state index >= 15 is 0 Å². The number of nitrogens with zero attached hydrogens (tertiary/aromatic N) is 4. The number of aromatic nitrogens is 4. The van der Waals surface area contributed by atoms with Crippen LogP contribution in [0.3, 0.4) is 0 Å². The van der Waals surface area contributed by atoms with Crippen LogP contribution in [0.4, 0.5) is 11.6 Å². The molecule has 2 aromatic heterocycles. The Morgan fingerprint density at radius 1 is 1.30 bits per heavy atom. The van der Waals surface area contributed by atoms with E-state index in [1.165, 1.54) is 4.57 Å². The number of halogens is 1. The van der Waals surface area contributed by atoms with E-state index in [1.54, 1.807) is 14.0 Å². The second kappa shape index (κ2) is 7.75. The number of esters is 1. The third-order valence-corrected chi connectivity index (χ3v) is 5.78. The normalized spacial score (nSPS) is 16.0. The molecule has 1 aliphatic heterocycles. The van der Waals surface area contributed by atoms with E-state index in [4.69, 9.17) is 4.74 Å². The highest BCUT2D eigenvalue weighted by Crippen LogP contribution is 2.28. The van der Waals surface area contributed by atoms with Crippen molar-refractivity contribution in [2.45, 2.75) is 26.9 Å². The molecule has 9 nitrogen and oxygen atoms in total. The van der Waals surface area contributed by atoms with Gasteiger partial charge in [-0.15, -0.1) is 0 Å². The van der Waals surface area contributed by atoms with Crippen LogP contribution < -0.4 is 20.7 Å². The molecule has 0 amide bonds. The molecular formula is C20H23BrN5O4+. The number of rotatable bonds is 4. The summed E-state index contributed by atoms with van der Waals surface area (Å²) in [5, 5.41) is 0. The molecule has 0 spiro atoms. The number of carbonyl (C=O) groups excluding carboxylic acids is 1. The van der Waals surface area contributed by atoms with Crippen molar-refractivity contribution in [3.63, 3.8) is 0 Å². The van der Waals surface area contributed by atoms with Crippen LogP contribution in [0.25, 0.3) is 11.2 Å². The van der Waals surface area contributed by atoms with Gasteiger partial charge >= 0.3 is 17.6 Å². The van der Waals surface area contributed by atoms with Crippen LogP contribution in [0.1, 0.15) is 13.8 Å². The van der Waals surface area contributed by atoms with E-state index in [0.29, 0.717) is 17.7 Å². The van der Waals surface area contributed by atoms with Crippen molar-refractivity contribution in [1.29, 1.82) is 0 Å². The predicted octanol–water partition coefficient (Wildman–Crippen LogP) is 1.43. The van der Waals surface area contributed by atoms with Gasteiger partial charge in [0.05, 0.1) is 19.7 Å². The lowest BCUT2D eigenvalue weighted by Crippen LogP contribution is -2.52. The van der Waals surface area contributed by atoms with Crippen LogP contribution in [-0.2, 0) is 29.7 Å². The molecule has 0 radical (unpaired) electrons. The van der Waals surface area contributed by atoms with Crippen molar-refractivity contribution in [2.24, 2.45) is 13.0 Å². The maximum atomic E-state index is 13.2. The maximum absolute atomic E-state index is 13.2. The summed E-state index contributed by atoms with van der Waals surface area (Å²) in [4.78, 5) is 43.3. The molecule has 0 aliphatic carbocycles. The van der Waals surface area contributed by atoms with Crippen LogP contribution in [0, 0.1) is 5.92 Å². The molecular weight excluding hydrogens is 454 g/mol. The molecule has 0 unspecified atom stereocenters. The second-order valence-corrected chi connectivity index (χ2v) is 8.40. The van der Waals surface area contributed by atoms with Crippen molar-refractivity contribution < 1.29 is 14.1 Å². The molecule has 10 heteroatoms. The number of aryl methyl sites for hydroxylation is 1. The average molecular weight is 477 g/mol. The number of aromatic amines is 1. The van der Waals surface area contributed by atoms with Crippen molar-refractivity contribution in [3.05, 3.63) is 49.6 Å².